The Morgan fingerprint density at radius 2 is 1.44 bits per heavy atom. The number of nitrogens with zero attached hydrogens (tertiary/aromatic N) is 2. The Kier molecular flexibility index (Phi) is 9.64. The number of anilines is 1. The summed E-state index contributed by atoms with van der Waals surface area (Å²) in [4.78, 5) is 40.1. The van der Waals surface area contributed by atoms with E-state index >= 15 is 0 Å². The molecule has 0 saturated carbocycles. The molecule has 0 saturated heterocycles. The Hall–Kier alpha value is -5.21. The summed E-state index contributed by atoms with van der Waals surface area (Å²) in [5, 5.41) is 7.00. The minimum absolute atomic E-state index is 0.0236. The Bertz CT molecular complexity index is 1580. The summed E-state index contributed by atoms with van der Waals surface area (Å²) in [5.41, 5.74) is 5.51. The monoisotopic (exact) mass is 566 g/mol. The number of amides is 2. The van der Waals surface area contributed by atoms with E-state index in [0.29, 0.717) is 21.9 Å². The average Bonchev–Trinajstić information content (AvgIpc) is 2.98. The number of halogens is 1. The van der Waals surface area contributed by atoms with E-state index in [1.54, 1.807) is 84.9 Å². The minimum Gasteiger partial charge on any atom is -0.423 e. The molecule has 4 rings (SSSR count). The van der Waals surface area contributed by atoms with Crippen LogP contribution in [0.2, 0.25) is 5.02 Å². The maximum absolute atomic E-state index is 13.0. The van der Waals surface area contributed by atoms with Crippen molar-refractivity contribution in [3.05, 3.63) is 136 Å². The normalized spacial score (nSPS) is 11.1. The van der Waals surface area contributed by atoms with Gasteiger partial charge in [0.15, 0.2) is 0 Å². The highest BCUT2D eigenvalue weighted by atomic mass is 35.5. The largest absolute Gasteiger partial charge is 0.423 e. The Balaban J connectivity index is 1.44. The zero-order valence-electron chi connectivity index (χ0n) is 22.4. The van der Waals surface area contributed by atoms with E-state index in [2.05, 4.69) is 15.8 Å². The number of esters is 1. The van der Waals surface area contributed by atoms with Gasteiger partial charge in [-0.25, -0.2) is 10.2 Å². The molecule has 2 N–H and O–H groups in total. The first-order valence-electron chi connectivity index (χ1n) is 12.6. The standard InChI is InChI=1S/C32H27ClN4O4/c1-37(2)25-16-12-22(13-17-25)20-29(35-30(38)24-8-4-3-5-9-24)31(39)36-34-21-23-14-18-26(19-15-23)41-32(40)27-10-6-7-11-28(27)33/h3-21H,1-2H3,(H,35,38)(H,36,39)/b29-20-,34-21+. The molecule has 41 heavy (non-hydrogen) atoms. The Morgan fingerprint density at radius 1 is 0.805 bits per heavy atom. The molecule has 0 bridgehead atoms. The molecule has 0 radical (unpaired) electrons. The van der Waals surface area contributed by atoms with Gasteiger partial charge in [-0.15, -0.1) is 0 Å². The number of hydrogen-bond donors (Lipinski definition) is 2. The van der Waals surface area contributed by atoms with Crippen LogP contribution in [0.4, 0.5) is 5.69 Å². The number of hydrogen-bond acceptors (Lipinski definition) is 6. The smallest absolute Gasteiger partial charge is 0.345 e. The third kappa shape index (κ3) is 8.14. The third-order valence-electron chi connectivity index (χ3n) is 5.81. The molecule has 0 atom stereocenters. The number of hydrazone groups is 1. The predicted octanol–water partition coefficient (Wildman–Crippen LogP) is 5.55. The fourth-order valence-electron chi connectivity index (χ4n) is 3.61. The van der Waals surface area contributed by atoms with E-state index in [0.717, 1.165) is 11.3 Å². The van der Waals surface area contributed by atoms with Gasteiger partial charge in [0.2, 0.25) is 0 Å². The highest BCUT2D eigenvalue weighted by molar-refractivity contribution is 6.33. The summed E-state index contributed by atoms with van der Waals surface area (Å²) in [7, 11) is 3.87. The molecule has 0 aliphatic heterocycles. The van der Waals surface area contributed by atoms with Crippen LogP contribution in [0.25, 0.3) is 6.08 Å². The molecule has 2 amide bonds. The summed E-state index contributed by atoms with van der Waals surface area (Å²) in [6.07, 6.45) is 3.01. The molecule has 8 nitrogen and oxygen atoms in total. The van der Waals surface area contributed by atoms with Crippen LogP contribution in [0.1, 0.15) is 31.8 Å². The van der Waals surface area contributed by atoms with Crippen molar-refractivity contribution >= 4 is 47.4 Å². The van der Waals surface area contributed by atoms with Gasteiger partial charge >= 0.3 is 5.97 Å². The number of nitrogens with one attached hydrogen (secondary N) is 2. The summed E-state index contributed by atoms with van der Waals surface area (Å²) in [5.74, 6) is -1.28. The number of carbonyl (C=O) groups excluding carboxylic acids is 3. The third-order valence-corrected chi connectivity index (χ3v) is 6.14. The summed E-state index contributed by atoms with van der Waals surface area (Å²) in [6, 6.07) is 29.3. The Morgan fingerprint density at radius 3 is 2.10 bits per heavy atom. The zero-order valence-corrected chi connectivity index (χ0v) is 23.1. The van der Waals surface area contributed by atoms with Crippen LogP contribution in [0.15, 0.2) is 114 Å². The molecule has 4 aromatic carbocycles. The molecule has 0 heterocycles. The van der Waals surface area contributed by atoms with E-state index in [-0.39, 0.29) is 11.3 Å². The SMILES string of the molecule is CN(C)c1ccc(/C=C(\NC(=O)c2ccccc2)C(=O)N/N=C/c2ccc(OC(=O)c3ccccc3Cl)cc2)cc1. The maximum Gasteiger partial charge on any atom is 0.345 e. The second-order valence-corrected chi connectivity index (χ2v) is 9.41. The lowest BCUT2D eigenvalue weighted by atomic mass is 10.1. The summed E-state index contributed by atoms with van der Waals surface area (Å²) >= 11 is 6.06. The molecule has 0 fully saturated rings. The molecule has 4 aromatic rings. The van der Waals surface area contributed by atoms with E-state index in [1.807, 2.05) is 43.3 Å². The van der Waals surface area contributed by atoms with Crippen molar-refractivity contribution in [2.75, 3.05) is 19.0 Å². The van der Waals surface area contributed by atoms with Crippen molar-refractivity contribution in [1.29, 1.82) is 0 Å². The van der Waals surface area contributed by atoms with Crippen LogP contribution in [-0.2, 0) is 4.79 Å². The second-order valence-electron chi connectivity index (χ2n) is 9.00. The van der Waals surface area contributed by atoms with Crippen LogP contribution >= 0.6 is 11.6 Å². The van der Waals surface area contributed by atoms with Gasteiger partial charge in [0.25, 0.3) is 11.8 Å². The van der Waals surface area contributed by atoms with Crippen molar-refractivity contribution in [2.24, 2.45) is 5.10 Å². The molecule has 0 aliphatic rings. The van der Waals surface area contributed by atoms with Gasteiger partial charge in [0, 0.05) is 25.3 Å². The van der Waals surface area contributed by atoms with Gasteiger partial charge in [-0.2, -0.15) is 5.10 Å². The highest BCUT2D eigenvalue weighted by Crippen LogP contribution is 2.19. The molecule has 0 aromatic heterocycles. The molecule has 0 spiro atoms. The first kappa shape index (κ1) is 28.8. The summed E-state index contributed by atoms with van der Waals surface area (Å²) < 4.78 is 5.37. The van der Waals surface area contributed by atoms with Gasteiger partial charge in [0.05, 0.1) is 16.8 Å². The van der Waals surface area contributed by atoms with Crippen molar-refractivity contribution in [3.63, 3.8) is 0 Å². The van der Waals surface area contributed by atoms with Crippen LogP contribution in [0, 0.1) is 0 Å². The van der Waals surface area contributed by atoms with Crippen molar-refractivity contribution < 1.29 is 19.1 Å². The van der Waals surface area contributed by atoms with Crippen LogP contribution in [-0.4, -0.2) is 38.1 Å². The van der Waals surface area contributed by atoms with E-state index in [1.165, 1.54) is 6.21 Å². The van der Waals surface area contributed by atoms with Crippen molar-refractivity contribution in [2.45, 2.75) is 0 Å². The Labute approximate surface area is 242 Å². The van der Waals surface area contributed by atoms with E-state index < -0.39 is 17.8 Å². The number of benzene rings is 4. The number of rotatable bonds is 9. The van der Waals surface area contributed by atoms with E-state index in [4.69, 9.17) is 16.3 Å². The highest BCUT2D eigenvalue weighted by Gasteiger charge is 2.15. The fraction of sp³-hybridized carbons (Fsp3) is 0.0625. The molecule has 0 aliphatic carbocycles. The van der Waals surface area contributed by atoms with Gasteiger partial charge in [0.1, 0.15) is 11.4 Å². The molecule has 206 valence electrons. The van der Waals surface area contributed by atoms with Crippen molar-refractivity contribution in [1.82, 2.24) is 10.7 Å². The van der Waals surface area contributed by atoms with Gasteiger partial charge in [-0.3, -0.25) is 9.59 Å². The lowest BCUT2D eigenvalue weighted by Gasteiger charge is -2.12. The number of carbonyl (C=O) groups is 3. The molecule has 0 unspecified atom stereocenters. The van der Waals surface area contributed by atoms with Gasteiger partial charge in [-0.05, 0) is 77.9 Å². The molecular formula is C32H27ClN4O4. The van der Waals surface area contributed by atoms with Crippen LogP contribution < -0.4 is 20.4 Å². The fourth-order valence-corrected chi connectivity index (χ4v) is 3.83. The average molecular weight is 567 g/mol. The lowest BCUT2D eigenvalue weighted by Crippen LogP contribution is -2.32. The van der Waals surface area contributed by atoms with Gasteiger partial charge in [-0.1, -0.05) is 54.1 Å². The molecular weight excluding hydrogens is 540 g/mol. The first-order chi connectivity index (χ1) is 19.8. The number of ether oxygens (including phenoxy) is 1. The quantitative estimate of drug-likeness (QED) is 0.0910. The summed E-state index contributed by atoms with van der Waals surface area (Å²) in [6.45, 7) is 0. The maximum atomic E-state index is 13.0. The van der Waals surface area contributed by atoms with E-state index in [9.17, 15) is 14.4 Å². The van der Waals surface area contributed by atoms with Crippen molar-refractivity contribution in [3.8, 4) is 5.75 Å². The lowest BCUT2D eigenvalue weighted by molar-refractivity contribution is -0.117. The van der Waals surface area contributed by atoms with Gasteiger partial charge < -0.3 is 15.0 Å². The van der Waals surface area contributed by atoms with Crippen LogP contribution in [0.3, 0.4) is 0 Å². The van der Waals surface area contributed by atoms with Crippen LogP contribution in [0.5, 0.6) is 5.75 Å². The predicted molar refractivity (Wildman–Crippen MR) is 161 cm³/mol. The first-order valence-corrected chi connectivity index (χ1v) is 12.9. The second kappa shape index (κ2) is 13.7. The zero-order chi connectivity index (χ0) is 29.2. The minimum atomic E-state index is -0.604. The molecule has 9 heteroatoms. The topological polar surface area (TPSA) is 100 Å².